The molecule has 2 nitrogen and oxygen atoms in total. The van der Waals surface area contributed by atoms with E-state index in [1.807, 2.05) is 19.1 Å². The first kappa shape index (κ1) is 11.3. The molecular weight excluding hydrogens is 200 g/mol. The highest BCUT2D eigenvalue weighted by Crippen LogP contribution is 2.22. The normalized spacial score (nSPS) is 24.6. The Morgan fingerprint density at radius 1 is 1.50 bits per heavy atom. The molecule has 0 spiro atoms. The molecule has 1 fully saturated rings. The van der Waals surface area contributed by atoms with Crippen molar-refractivity contribution in [1.82, 2.24) is 0 Å². The molecule has 0 amide bonds. The molecule has 16 heavy (non-hydrogen) atoms. The molecule has 2 atom stereocenters. The topological polar surface area (TPSA) is 26.3 Å². The van der Waals surface area contributed by atoms with Crippen molar-refractivity contribution in [2.24, 2.45) is 5.92 Å². The van der Waals surface area contributed by atoms with Crippen LogP contribution in [0.2, 0.25) is 0 Å². The summed E-state index contributed by atoms with van der Waals surface area (Å²) in [5.74, 6) is 0.413. The van der Waals surface area contributed by atoms with Crippen molar-refractivity contribution < 1.29 is 9.53 Å². The first-order valence-corrected chi connectivity index (χ1v) is 5.86. The lowest BCUT2D eigenvalue weighted by molar-refractivity contribution is -0.123. The summed E-state index contributed by atoms with van der Waals surface area (Å²) >= 11 is 0. The van der Waals surface area contributed by atoms with Crippen LogP contribution >= 0.6 is 0 Å². The highest BCUT2D eigenvalue weighted by Gasteiger charge is 2.30. The second-order valence-electron chi connectivity index (χ2n) is 4.60. The lowest BCUT2D eigenvalue weighted by Crippen LogP contribution is -2.23. The van der Waals surface area contributed by atoms with Crippen LogP contribution in [0.3, 0.4) is 0 Å². The van der Waals surface area contributed by atoms with Crippen molar-refractivity contribution >= 4 is 5.78 Å². The molecule has 1 aliphatic rings. The quantitative estimate of drug-likeness (QED) is 0.779. The first-order chi connectivity index (χ1) is 7.66. The SMILES string of the molecule is Cc1cccc(CC(=O)C2CCOC2C)c1. The van der Waals surface area contributed by atoms with Gasteiger partial charge >= 0.3 is 0 Å². The van der Waals surface area contributed by atoms with E-state index in [0.717, 1.165) is 18.6 Å². The molecule has 1 saturated heterocycles. The Labute approximate surface area is 96.6 Å². The summed E-state index contributed by atoms with van der Waals surface area (Å²) in [4.78, 5) is 12.1. The van der Waals surface area contributed by atoms with Gasteiger partial charge in [-0.25, -0.2) is 0 Å². The Hall–Kier alpha value is -1.15. The van der Waals surface area contributed by atoms with Crippen LogP contribution in [0.5, 0.6) is 0 Å². The van der Waals surface area contributed by atoms with Gasteiger partial charge in [-0.15, -0.1) is 0 Å². The third-order valence-corrected chi connectivity index (χ3v) is 3.25. The van der Waals surface area contributed by atoms with Gasteiger partial charge in [0.2, 0.25) is 0 Å². The van der Waals surface area contributed by atoms with E-state index in [4.69, 9.17) is 4.74 Å². The maximum absolute atomic E-state index is 12.1. The second-order valence-corrected chi connectivity index (χ2v) is 4.60. The van der Waals surface area contributed by atoms with Gasteiger partial charge in [0.15, 0.2) is 0 Å². The zero-order valence-corrected chi connectivity index (χ0v) is 9.90. The fourth-order valence-corrected chi connectivity index (χ4v) is 2.31. The average Bonchev–Trinajstić information content (AvgIpc) is 2.64. The molecule has 0 aromatic heterocycles. The number of carbonyl (C=O) groups is 1. The predicted molar refractivity (Wildman–Crippen MR) is 63.4 cm³/mol. The number of hydrogen-bond donors (Lipinski definition) is 0. The van der Waals surface area contributed by atoms with Crippen molar-refractivity contribution in [2.45, 2.75) is 32.8 Å². The second kappa shape index (κ2) is 4.79. The van der Waals surface area contributed by atoms with Gasteiger partial charge in [0.25, 0.3) is 0 Å². The van der Waals surface area contributed by atoms with Crippen LogP contribution in [0.1, 0.15) is 24.5 Å². The summed E-state index contributed by atoms with van der Waals surface area (Å²) in [7, 11) is 0. The number of benzene rings is 1. The van der Waals surface area contributed by atoms with E-state index >= 15 is 0 Å². The van der Waals surface area contributed by atoms with Crippen LogP contribution in [0.4, 0.5) is 0 Å². The van der Waals surface area contributed by atoms with Gasteiger partial charge in [-0.1, -0.05) is 29.8 Å². The van der Waals surface area contributed by atoms with Gasteiger partial charge < -0.3 is 4.74 Å². The van der Waals surface area contributed by atoms with Crippen molar-refractivity contribution in [2.75, 3.05) is 6.61 Å². The highest BCUT2D eigenvalue weighted by atomic mass is 16.5. The van der Waals surface area contributed by atoms with Gasteiger partial charge in [-0.3, -0.25) is 4.79 Å². The molecule has 2 rings (SSSR count). The van der Waals surface area contributed by atoms with Gasteiger partial charge in [0, 0.05) is 18.9 Å². The molecule has 0 aliphatic carbocycles. The number of aryl methyl sites for hydroxylation is 1. The molecule has 2 unspecified atom stereocenters. The monoisotopic (exact) mass is 218 g/mol. The summed E-state index contributed by atoms with van der Waals surface area (Å²) in [5.41, 5.74) is 2.32. The largest absolute Gasteiger partial charge is 0.378 e. The minimum Gasteiger partial charge on any atom is -0.378 e. The number of rotatable bonds is 3. The molecule has 1 aromatic carbocycles. The first-order valence-electron chi connectivity index (χ1n) is 5.86. The van der Waals surface area contributed by atoms with Crippen molar-refractivity contribution in [3.8, 4) is 0 Å². The number of ether oxygens (including phenoxy) is 1. The van der Waals surface area contributed by atoms with Crippen LogP contribution in [0.15, 0.2) is 24.3 Å². The third-order valence-electron chi connectivity index (χ3n) is 3.25. The Kier molecular flexibility index (Phi) is 3.39. The van der Waals surface area contributed by atoms with E-state index in [1.54, 1.807) is 0 Å². The molecule has 1 aromatic rings. The Morgan fingerprint density at radius 3 is 2.94 bits per heavy atom. The fourth-order valence-electron chi connectivity index (χ4n) is 2.31. The van der Waals surface area contributed by atoms with E-state index in [-0.39, 0.29) is 12.0 Å². The summed E-state index contributed by atoms with van der Waals surface area (Å²) < 4.78 is 5.43. The molecule has 0 saturated carbocycles. The van der Waals surface area contributed by atoms with E-state index < -0.39 is 0 Å². The zero-order chi connectivity index (χ0) is 11.5. The molecule has 1 aliphatic heterocycles. The number of ketones is 1. The van der Waals surface area contributed by atoms with Crippen LogP contribution < -0.4 is 0 Å². The fraction of sp³-hybridized carbons (Fsp3) is 0.500. The minimum absolute atomic E-state index is 0.0947. The van der Waals surface area contributed by atoms with E-state index in [0.29, 0.717) is 12.2 Å². The summed E-state index contributed by atoms with van der Waals surface area (Å²) in [6.07, 6.45) is 1.52. The standard InChI is InChI=1S/C14H18O2/c1-10-4-3-5-12(8-10)9-14(15)13-6-7-16-11(13)2/h3-5,8,11,13H,6-7,9H2,1-2H3. The van der Waals surface area contributed by atoms with Crippen molar-refractivity contribution in [3.05, 3.63) is 35.4 Å². The average molecular weight is 218 g/mol. The number of carbonyl (C=O) groups excluding carboxylic acids is 1. The summed E-state index contributed by atoms with van der Waals surface area (Å²) in [5, 5.41) is 0. The summed E-state index contributed by atoms with van der Waals surface area (Å²) in [6, 6.07) is 8.16. The number of Topliss-reactive ketones (excluding diaryl/α,β-unsaturated/α-hetero) is 1. The van der Waals surface area contributed by atoms with Gasteiger partial charge in [-0.05, 0) is 25.8 Å². The van der Waals surface area contributed by atoms with Gasteiger partial charge in [0.1, 0.15) is 5.78 Å². The van der Waals surface area contributed by atoms with E-state index in [1.165, 1.54) is 5.56 Å². The maximum atomic E-state index is 12.1. The van der Waals surface area contributed by atoms with Crippen LogP contribution in [0.25, 0.3) is 0 Å². The summed E-state index contributed by atoms with van der Waals surface area (Å²) in [6.45, 7) is 4.77. The van der Waals surface area contributed by atoms with Crippen LogP contribution in [-0.4, -0.2) is 18.5 Å². The van der Waals surface area contributed by atoms with Crippen molar-refractivity contribution in [1.29, 1.82) is 0 Å². The lowest BCUT2D eigenvalue weighted by atomic mass is 9.92. The van der Waals surface area contributed by atoms with Crippen LogP contribution in [-0.2, 0) is 16.0 Å². The van der Waals surface area contributed by atoms with Gasteiger partial charge in [0.05, 0.1) is 6.10 Å². The van der Waals surface area contributed by atoms with Crippen molar-refractivity contribution in [3.63, 3.8) is 0 Å². The lowest BCUT2D eigenvalue weighted by Gasteiger charge is -2.12. The molecule has 0 N–H and O–H groups in total. The molecule has 1 heterocycles. The molecule has 86 valence electrons. The molecular formula is C14H18O2. The van der Waals surface area contributed by atoms with Gasteiger partial charge in [-0.2, -0.15) is 0 Å². The zero-order valence-electron chi connectivity index (χ0n) is 9.90. The third kappa shape index (κ3) is 2.50. The molecule has 0 bridgehead atoms. The van der Waals surface area contributed by atoms with Crippen LogP contribution in [0, 0.1) is 12.8 Å². The Balaban J connectivity index is 2.02. The molecule has 2 heteroatoms. The predicted octanol–water partition coefficient (Wildman–Crippen LogP) is 2.53. The minimum atomic E-state index is 0.0947. The smallest absolute Gasteiger partial charge is 0.142 e. The highest BCUT2D eigenvalue weighted by molar-refractivity contribution is 5.84. The maximum Gasteiger partial charge on any atom is 0.142 e. The molecule has 0 radical (unpaired) electrons. The Bertz CT molecular complexity index is 384. The Morgan fingerprint density at radius 2 is 2.31 bits per heavy atom. The van der Waals surface area contributed by atoms with E-state index in [2.05, 4.69) is 19.1 Å². The van der Waals surface area contributed by atoms with E-state index in [9.17, 15) is 4.79 Å². The number of hydrogen-bond acceptors (Lipinski definition) is 2.